The Kier molecular flexibility index (Phi) is 2.98. The first-order chi connectivity index (χ1) is 9.90. The normalized spacial score (nSPS) is 23.6. The highest BCUT2D eigenvalue weighted by atomic mass is 16.6. The van der Waals surface area contributed by atoms with Gasteiger partial charge in [0.25, 0.3) is 0 Å². The second kappa shape index (κ2) is 4.96. The Morgan fingerprint density at radius 3 is 1.65 bits per heavy atom. The summed E-state index contributed by atoms with van der Waals surface area (Å²) in [5.41, 5.74) is 0. The Morgan fingerprint density at radius 1 is 0.800 bits per heavy atom. The molecule has 4 heteroatoms. The first-order valence-corrected chi connectivity index (χ1v) is 6.91. The molecule has 2 aliphatic rings. The lowest BCUT2D eigenvalue weighted by molar-refractivity contribution is 0.263. The maximum Gasteiger partial charge on any atom is 0.127 e. The van der Waals surface area contributed by atoms with Gasteiger partial charge < -0.3 is 18.9 Å². The van der Waals surface area contributed by atoms with Crippen LogP contribution in [-0.4, -0.2) is 38.6 Å². The minimum Gasteiger partial charge on any atom is -0.490 e. The highest BCUT2D eigenvalue weighted by Gasteiger charge is 2.24. The topological polar surface area (TPSA) is 43.5 Å². The van der Waals surface area contributed by atoms with Crippen LogP contribution in [0.5, 0.6) is 11.5 Å². The number of hydrogen-bond donors (Lipinski definition) is 0. The number of epoxide rings is 2. The summed E-state index contributed by atoms with van der Waals surface area (Å²) in [6.07, 6.45) is 0.522. The van der Waals surface area contributed by atoms with Crippen molar-refractivity contribution in [1.82, 2.24) is 0 Å². The molecule has 0 spiro atoms. The van der Waals surface area contributed by atoms with Gasteiger partial charge in [-0.05, 0) is 12.1 Å². The number of rotatable bonds is 6. The molecule has 2 aromatic carbocycles. The zero-order chi connectivity index (χ0) is 13.4. The van der Waals surface area contributed by atoms with Crippen molar-refractivity contribution in [3.8, 4) is 11.5 Å². The van der Waals surface area contributed by atoms with Crippen LogP contribution in [-0.2, 0) is 9.47 Å². The van der Waals surface area contributed by atoms with E-state index in [4.69, 9.17) is 18.9 Å². The molecule has 2 atom stereocenters. The summed E-state index contributed by atoms with van der Waals surface area (Å²) in [4.78, 5) is 0. The van der Waals surface area contributed by atoms with Crippen LogP contribution in [0.15, 0.2) is 36.4 Å². The van der Waals surface area contributed by atoms with E-state index < -0.39 is 0 Å². The molecule has 4 rings (SSSR count). The summed E-state index contributed by atoms with van der Waals surface area (Å²) < 4.78 is 22.0. The van der Waals surface area contributed by atoms with E-state index in [-0.39, 0.29) is 12.2 Å². The summed E-state index contributed by atoms with van der Waals surface area (Å²) in [5.74, 6) is 1.76. The average Bonchev–Trinajstić information content (AvgIpc) is 3.37. The maximum atomic E-state index is 5.83. The first-order valence-electron chi connectivity index (χ1n) is 6.91. The molecule has 0 unspecified atom stereocenters. The molecule has 2 heterocycles. The lowest BCUT2D eigenvalue weighted by Crippen LogP contribution is -2.05. The molecule has 2 fully saturated rings. The van der Waals surface area contributed by atoms with Gasteiger partial charge in [-0.25, -0.2) is 0 Å². The number of ether oxygens (including phenoxy) is 4. The van der Waals surface area contributed by atoms with Crippen LogP contribution >= 0.6 is 0 Å². The fourth-order valence-corrected chi connectivity index (χ4v) is 2.20. The van der Waals surface area contributed by atoms with Crippen LogP contribution in [0.3, 0.4) is 0 Å². The van der Waals surface area contributed by atoms with Crippen LogP contribution in [0.1, 0.15) is 0 Å². The molecule has 0 bridgehead atoms. The van der Waals surface area contributed by atoms with E-state index in [9.17, 15) is 0 Å². The fourth-order valence-electron chi connectivity index (χ4n) is 2.20. The summed E-state index contributed by atoms with van der Waals surface area (Å²) in [5, 5.41) is 2.14. The number of benzene rings is 2. The second-order valence-corrected chi connectivity index (χ2v) is 5.14. The first kappa shape index (κ1) is 12.0. The van der Waals surface area contributed by atoms with E-state index in [0.29, 0.717) is 13.2 Å². The van der Waals surface area contributed by atoms with Crippen molar-refractivity contribution in [1.29, 1.82) is 0 Å². The molecule has 2 aromatic rings. The predicted octanol–water partition coefficient (Wildman–Crippen LogP) is 2.40. The van der Waals surface area contributed by atoms with Gasteiger partial charge in [-0.2, -0.15) is 0 Å². The molecule has 0 amide bonds. The lowest BCUT2D eigenvalue weighted by Gasteiger charge is -2.11. The quantitative estimate of drug-likeness (QED) is 0.757. The maximum absolute atomic E-state index is 5.83. The van der Waals surface area contributed by atoms with Gasteiger partial charge in [-0.15, -0.1) is 0 Å². The monoisotopic (exact) mass is 272 g/mol. The van der Waals surface area contributed by atoms with Crippen molar-refractivity contribution in [2.75, 3.05) is 26.4 Å². The van der Waals surface area contributed by atoms with Crippen molar-refractivity contribution in [3.05, 3.63) is 36.4 Å². The molecule has 104 valence electrons. The van der Waals surface area contributed by atoms with Gasteiger partial charge in [0.2, 0.25) is 0 Å². The molecular weight excluding hydrogens is 256 g/mol. The third kappa shape index (κ3) is 2.57. The van der Waals surface area contributed by atoms with Crippen LogP contribution < -0.4 is 9.47 Å². The van der Waals surface area contributed by atoms with Gasteiger partial charge in [0.15, 0.2) is 0 Å². The second-order valence-electron chi connectivity index (χ2n) is 5.14. The molecule has 0 saturated carbocycles. The van der Waals surface area contributed by atoms with Crippen molar-refractivity contribution in [3.63, 3.8) is 0 Å². The standard InChI is InChI=1S/C16H16O4/c1-3-13-14(15(5-1)19-9-11-7-17-11)4-2-6-16(13)20-10-12-8-18-12/h1-6,11-12H,7-10H2/t11-,12-/m0/s1. The van der Waals surface area contributed by atoms with Gasteiger partial charge in [-0.3, -0.25) is 0 Å². The third-order valence-corrected chi connectivity index (χ3v) is 3.50. The summed E-state index contributed by atoms with van der Waals surface area (Å²) >= 11 is 0. The molecule has 2 saturated heterocycles. The Morgan fingerprint density at radius 2 is 1.25 bits per heavy atom. The van der Waals surface area contributed by atoms with E-state index >= 15 is 0 Å². The van der Waals surface area contributed by atoms with Crippen molar-refractivity contribution >= 4 is 10.8 Å². The van der Waals surface area contributed by atoms with E-state index in [2.05, 4.69) is 12.1 Å². The predicted molar refractivity (Wildman–Crippen MR) is 74.4 cm³/mol. The molecule has 0 aliphatic carbocycles. The van der Waals surface area contributed by atoms with Crippen molar-refractivity contribution < 1.29 is 18.9 Å². The van der Waals surface area contributed by atoms with Crippen LogP contribution in [0.4, 0.5) is 0 Å². The number of fused-ring (bicyclic) bond motifs is 1. The molecule has 2 aliphatic heterocycles. The minimum atomic E-state index is 0.261. The van der Waals surface area contributed by atoms with Gasteiger partial charge in [0, 0.05) is 10.8 Å². The largest absolute Gasteiger partial charge is 0.490 e. The smallest absolute Gasteiger partial charge is 0.127 e. The third-order valence-electron chi connectivity index (χ3n) is 3.50. The molecule has 0 radical (unpaired) electrons. The van der Waals surface area contributed by atoms with Gasteiger partial charge in [0.05, 0.1) is 13.2 Å². The fraction of sp³-hybridized carbons (Fsp3) is 0.375. The molecular formula is C16H16O4. The zero-order valence-corrected chi connectivity index (χ0v) is 11.1. The Hall–Kier alpha value is -1.78. The molecule has 20 heavy (non-hydrogen) atoms. The Labute approximate surface area is 117 Å². The van der Waals surface area contributed by atoms with Gasteiger partial charge in [-0.1, -0.05) is 24.3 Å². The van der Waals surface area contributed by atoms with Crippen LogP contribution in [0, 0.1) is 0 Å². The van der Waals surface area contributed by atoms with E-state index in [1.165, 1.54) is 0 Å². The minimum absolute atomic E-state index is 0.261. The molecule has 4 nitrogen and oxygen atoms in total. The Balaban J connectivity index is 1.60. The van der Waals surface area contributed by atoms with Gasteiger partial charge in [0.1, 0.15) is 36.9 Å². The average molecular weight is 272 g/mol. The molecule has 0 aromatic heterocycles. The lowest BCUT2D eigenvalue weighted by atomic mass is 10.1. The van der Waals surface area contributed by atoms with Crippen molar-refractivity contribution in [2.45, 2.75) is 12.2 Å². The molecule has 0 N–H and O–H groups in total. The summed E-state index contributed by atoms with van der Waals surface area (Å²) in [6, 6.07) is 12.1. The van der Waals surface area contributed by atoms with Crippen LogP contribution in [0.25, 0.3) is 10.8 Å². The van der Waals surface area contributed by atoms with E-state index in [1.54, 1.807) is 0 Å². The number of hydrogen-bond acceptors (Lipinski definition) is 4. The van der Waals surface area contributed by atoms with E-state index in [0.717, 1.165) is 35.5 Å². The highest BCUT2D eigenvalue weighted by Crippen LogP contribution is 2.33. The Bertz CT molecular complexity index is 562. The van der Waals surface area contributed by atoms with E-state index in [1.807, 2.05) is 24.3 Å². The van der Waals surface area contributed by atoms with Crippen LogP contribution in [0.2, 0.25) is 0 Å². The summed E-state index contributed by atoms with van der Waals surface area (Å²) in [7, 11) is 0. The SMILES string of the molecule is c1cc(OC[C@@H]2CO2)c2cccc(OC[C@@H]3CO3)c2c1. The summed E-state index contributed by atoms with van der Waals surface area (Å²) in [6.45, 7) is 2.83. The van der Waals surface area contributed by atoms with Crippen molar-refractivity contribution in [2.24, 2.45) is 0 Å². The highest BCUT2D eigenvalue weighted by molar-refractivity contribution is 5.93. The van der Waals surface area contributed by atoms with Gasteiger partial charge >= 0.3 is 0 Å². The zero-order valence-electron chi connectivity index (χ0n) is 11.1.